The molecule has 5 nitrogen and oxygen atoms in total. The molecule has 26 heavy (non-hydrogen) atoms. The van der Waals surface area contributed by atoms with Gasteiger partial charge in [-0.2, -0.15) is 0 Å². The monoisotopic (exact) mass is 384 g/mol. The third-order valence-corrected chi connectivity index (χ3v) is 8.63. The van der Waals surface area contributed by atoms with Crippen LogP contribution in [-0.4, -0.2) is 44.5 Å². The Labute approximate surface area is 159 Å². The largest absolute Gasteiger partial charge is 0.349 e. The van der Waals surface area contributed by atoms with Crippen LogP contribution in [0, 0.1) is 11.3 Å². The van der Waals surface area contributed by atoms with E-state index >= 15 is 0 Å². The second kappa shape index (κ2) is 8.17. The number of carbonyl (C=O) groups excluding carboxylic acids is 1. The third-order valence-electron chi connectivity index (χ3n) is 6.79. The van der Waals surface area contributed by atoms with Crippen molar-refractivity contribution in [2.45, 2.75) is 83.1 Å². The first-order chi connectivity index (χ1) is 12.3. The van der Waals surface area contributed by atoms with Crippen LogP contribution in [0.5, 0.6) is 0 Å². The molecule has 3 rings (SSSR count). The van der Waals surface area contributed by atoms with Gasteiger partial charge in [-0.15, -0.1) is 0 Å². The molecule has 0 aromatic heterocycles. The molecule has 1 atom stereocenters. The molecule has 1 amide bonds. The highest BCUT2D eigenvalue weighted by molar-refractivity contribution is 7.91. The average molecular weight is 385 g/mol. The van der Waals surface area contributed by atoms with E-state index < -0.39 is 9.84 Å². The minimum absolute atomic E-state index is 0.0957. The molecule has 2 saturated carbocycles. The van der Waals surface area contributed by atoms with Crippen LogP contribution in [0.3, 0.4) is 0 Å². The Morgan fingerprint density at radius 1 is 1.12 bits per heavy atom. The van der Waals surface area contributed by atoms with E-state index in [4.69, 9.17) is 0 Å². The topological polar surface area (TPSA) is 75.3 Å². The van der Waals surface area contributed by atoms with Crippen LogP contribution in [0.1, 0.15) is 77.6 Å². The Bertz CT molecular complexity index is 592. The number of sulfone groups is 1. The quantitative estimate of drug-likeness (QED) is 0.600. The van der Waals surface area contributed by atoms with Gasteiger partial charge in [0, 0.05) is 13.0 Å². The molecular formula is C20H36N2O3S. The Morgan fingerprint density at radius 2 is 1.85 bits per heavy atom. The second-order valence-electron chi connectivity index (χ2n) is 9.43. The lowest BCUT2D eigenvalue weighted by Gasteiger charge is -2.38. The molecule has 6 heteroatoms. The minimum atomic E-state index is -2.78. The van der Waals surface area contributed by atoms with E-state index in [1.807, 2.05) is 0 Å². The molecule has 1 saturated heterocycles. The number of carbonyl (C=O) groups is 1. The number of nitrogens with one attached hydrogen (secondary N) is 2. The molecule has 0 radical (unpaired) electrons. The fraction of sp³-hybridized carbons (Fsp3) is 0.950. The smallest absolute Gasteiger partial charge is 0.220 e. The zero-order valence-corrected chi connectivity index (χ0v) is 17.1. The molecule has 1 unspecified atom stereocenters. The van der Waals surface area contributed by atoms with Crippen LogP contribution in [-0.2, 0) is 14.6 Å². The highest BCUT2D eigenvalue weighted by atomic mass is 32.2. The molecule has 1 aliphatic heterocycles. The normalized spacial score (nSPS) is 28.6. The fourth-order valence-electron chi connectivity index (χ4n) is 4.55. The van der Waals surface area contributed by atoms with Crippen molar-refractivity contribution in [1.29, 1.82) is 0 Å². The van der Waals surface area contributed by atoms with E-state index in [0.29, 0.717) is 29.3 Å². The molecule has 0 aromatic rings. The van der Waals surface area contributed by atoms with Crippen LogP contribution in [0.15, 0.2) is 0 Å². The summed E-state index contributed by atoms with van der Waals surface area (Å²) in [7, 11) is -2.78. The second-order valence-corrected chi connectivity index (χ2v) is 11.7. The van der Waals surface area contributed by atoms with Crippen molar-refractivity contribution >= 4 is 15.7 Å². The van der Waals surface area contributed by atoms with Crippen molar-refractivity contribution in [1.82, 2.24) is 10.6 Å². The van der Waals surface area contributed by atoms with Gasteiger partial charge in [0.05, 0.1) is 17.0 Å². The maximum absolute atomic E-state index is 12.5. The first-order valence-electron chi connectivity index (χ1n) is 10.5. The van der Waals surface area contributed by atoms with E-state index in [1.54, 1.807) is 0 Å². The standard InChI is InChI=1S/C20H36N2O3S/c1-19(11-12-19)10-5-18(23)22-20(8-3-2-4-9-20)16-21-13-6-17-7-14-26(24,25)15-17/h17,21H,2-16H2,1H3,(H,22,23). The van der Waals surface area contributed by atoms with Gasteiger partial charge in [-0.3, -0.25) is 4.79 Å². The number of hydrogen-bond donors (Lipinski definition) is 2. The van der Waals surface area contributed by atoms with Crippen LogP contribution in [0.4, 0.5) is 0 Å². The summed E-state index contributed by atoms with van der Waals surface area (Å²) >= 11 is 0. The lowest BCUT2D eigenvalue weighted by atomic mass is 9.81. The lowest BCUT2D eigenvalue weighted by Crippen LogP contribution is -2.56. The maximum atomic E-state index is 12.5. The van der Waals surface area contributed by atoms with Crippen molar-refractivity contribution < 1.29 is 13.2 Å². The summed E-state index contributed by atoms with van der Waals surface area (Å²) in [5.74, 6) is 1.23. The van der Waals surface area contributed by atoms with E-state index in [9.17, 15) is 13.2 Å². The minimum Gasteiger partial charge on any atom is -0.349 e. The van der Waals surface area contributed by atoms with Gasteiger partial charge >= 0.3 is 0 Å². The van der Waals surface area contributed by atoms with Gasteiger partial charge in [-0.25, -0.2) is 8.42 Å². The van der Waals surface area contributed by atoms with E-state index in [1.165, 1.54) is 32.1 Å². The van der Waals surface area contributed by atoms with Gasteiger partial charge in [-0.05, 0) is 62.8 Å². The fourth-order valence-corrected chi connectivity index (χ4v) is 6.46. The Balaban J connectivity index is 1.42. The highest BCUT2D eigenvalue weighted by Crippen LogP contribution is 2.48. The van der Waals surface area contributed by atoms with Gasteiger partial charge in [0.1, 0.15) is 0 Å². The molecule has 2 N–H and O–H groups in total. The summed E-state index contributed by atoms with van der Waals surface area (Å²) in [6.45, 7) is 3.94. The number of hydrogen-bond acceptors (Lipinski definition) is 4. The van der Waals surface area contributed by atoms with Crippen molar-refractivity contribution in [2.75, 3.05) is 24.6 Å². The van der Waals surface area contributed by atoms with E-state index in [-0.39, 0.29) is 11.4 Å². The lowest BCUT2D eigenvalue weighted by molar-refractivity contribution is -0.123. The molecular weight excluding hydrogens is 348 g/mol. The van der Waals surface area contributed by atoms with E-state index in [2.05, 4.69) is 17.6 Å². The first kappa shape index (κ1) is 20.1. The average Bonchev–Trinajstić information content (AvgIpc) is 3.23. The van der Waals surface area contributed by atoms with Crippen LogP contribution in [0.2, 0.25) is 0 Å². The highest BCUT2D eigenvalue weighted by Gasteiger charge is 2.38. The van der Waals surface area contributed by atoms with Crippen molar-refractivity contribution in [3.05, 3.63) is 0 Å². The summed E-state index contributed by atoms with van der Waals surface area (Å²) in [6, 6.07) is 0. The summed E-state index contributed by atoms with van der Waals surface area (Å²) in [4.78, 5) is 12.5. The predicted octanol–water partition coefficient (Wildman–Crippen LogP) is 2.80. The Hall–Kier alpha value is -0.620. The molecule has 0 bridgehead atoms. The molecule has 2 aliphatic carbocycles. The Morgan fingerprint density at radius 3 is 2.46 bits per heavy atom. The zero-order chi connectivity index (χ0) is 18.7. The first-order valence-corrected chi connectivity index (χ1v) is 12.3. The van der Waals surface area contributed by atoms with E-state index in [0.717, 1.165) is 45.2 Å². The summed E-state index contributed by atoms with van der Waals surface area (Å²) in [5, 5.41) is 6.91. The summed E-state index contributed by atoms with van der Waals surface area (Å²) in [5.41, 5.74) is 0.332. The molecule has 1 heterocycles. The van der Waals surface area contributed by atoms with Gasteiger partial charge in [0.15, 0.2) is 9.84 Å². The molecule has 3 aliphatic rings. The number of amides is 1. The van der Waals surface area contributed by atoms with Gasteiger partial charge in [0.25, 0.3) is 0 Å². The third kappa shape index (κ3) is 5.95. The van der Waals surface area contributed by atoms with Gasteiger partial charge in [-0.1, -0.05) is 26.2 Å². The predicted molar refractivity (Wildman–Crippen MR) is 105 cm³/mol. The van der Waals surface area contributed by atoms with Crippen LogP contribution in [0.25, 0.3) is 0 Å². The SMILES string of the molecule is CC1(CCC(=O)NC2(CNCCC3CCS(=O)(=O)C3)CCCCC2)CC1. The van der Waals surface area contributed by atoms with Crippen molar-refractivity contribution in [2.24, 2.45) is 11.3 Å². The maximum Gasteiger partial charge on any atom is 0.220 e. The summed E-state index contributed by atoms with van der Waals surface area (Å²) < 4.78 is 23.1. The van der Waals surface area contributed by atoms with Crippen molar-refractivity contribution in [3.63, 3.8) is 0 Å². The zero-order valence-electron chi connectivity index (χ0n) is 16.3. The van der Waals surface area contributed by atoms with Crippen molar-refractivity contribution in [3.8, 4) is 0 Å². The molecule has 3 fully saturated rings. The Kier molecular flexibility index (Phi) is 6.33. The number of rotatable bonds is 9. The van der Waals surface area contributed by atoms with Gasteiger partial charge in [0.2, 0.25) is 5.91 Å². The van der Waals surface area contributed by atoms with Crippen LogP contribution >= 0.6 is 0 Å². The molecule has 0 spiro atoms. The van der Waals surface area contributed by atoms with Crippen LogP contribution < -0.4 is 10.6 Å². The molecule has 0 aromatic carbocycles. The van der Waals surface area contributed by atoms with Gasteiger partial charge < -0.3 is 10.6 Å². The summed E-state index contributed by atoms with van der Waals surface area (Å²) in [6.07, 6.45) is 11.7. The molecule has 150 valence electrons.